The van der Waals surface area contributed by atoms with Gasteiger partial charge in [0.2, 0.25) is 5.91 Å². The largest absolute Gasteiger partial charge is 0.496 e. The molecule has 3 aromatic rings. The molecule has 0 spiro atoms. The maximum atomic E-state index is 12.9. The van der Waals surface area contributed by atoms with Crippen LogP contribution in [0.3, 0.4) is 0 Å². The highest BCUT2D eigenvalue weighted by Gasteiger charge is 2.36. The molecule has 2 unspecified atom stereocenters. The maximum Gasteiger partial charge on any atom is 0.241 e. The van der Waals surface area contributed by atoms with Gasteiger partial charge < -0.3 is 29.2 Å². The van der Waals surface area contributed by atoms with Gasteiger partial charge in [-0.3, -0.25) is 9.78 Å². The monoisotopic (exact) mass is 491 g/mol. The van der Waals surface area contributed by atoms with Crippen molar-refractivity contribution < 1.29 is 23.7 Å². The van der Waals surface area contributed by atoms with Crippen molar-refractivity contribution >= 4 is 11.6 Å². The lowest BCUT2D eigenvalue weighted by molar-refractivity contribution is -0.120. The van der Waals surface area contributed by atoms with E-state index in [1.54, 1.807) is 26.6 Å². The summed E-state index contributed by atoms with van der Waals surface area (Å²) in [6.45, 7) is 2.52. The third-order valence-electron chi connectivity index (χ3n) is 6.11. The second-order valence-corrected chi connectivity index (χ2v) is 8.46. The quantitative estimate of drug-likeness (QED) is 0.386. The molecular formula is C28H33N3O5. The average Bonchev–Trinajstić information content (AvgIpc) is 2.92. The average molecular weight is 492 g/mol. The number of hydrogen-bond donors (Lipinski definition) is 1. The van der Waals surface area contributed by atoms with E-state index in [4.69, 9.17) is 18.9 Å². The van der Waals surface area contributed by atoms with Gasteiger partial charge in [-0.25, -0.2) is 0 Å². The van der Waals surface area contributed by atoms with Crippen LogP contribution in [0.15, 0.2) is 73.1 Å². The van der Waals surface area contributed by atoms with E-state index < -0.39 is 0 Å². The van der Waals surface area contributed by atoms with E-state index in [2.05, 4.69) is 10.3 Å². The molecule has 0 saturated carbocycles. The molecular weight excluding hydrogens is 458 g/mol. The smallest absolute Gasteiger partial charge is 0.241 e. The van der Waals surface area contributed by atoms with Gasteiger partial charge in [-0.05, 0) is 36.4 Å². The number of piperazine rings is 1. The van der Waals surface area contributed by atoms with Crippen LogP contribution >= 0.6 is 0 Å². The first kappa shape index (κ1) is 25.6. The van der Waals surface area contributed by atoms with Crippen LogP contribution in [0.2, 0.25) is 0 Å². The van der Waals surface area contributed by atoms with Crippen LogP contribution in [0.5, 0.6) is 11.5 Å². The summed E-state index contributed by atoms with van der Waals surface area (Å²) in [6, 6.07) is 19.1. The Morgan fingerprint density at radius 2 is 1.89 bits per heavy atom. The predicted octanol–water partition coefficient (Wildman–Crippen LogP) is 3.77. The highest BCUT2D eigenvalue weighted by atomic mass is 16.5. The molecule has 0 aliphatic carbocycles. The molecule has 8 heteroatoms. The first-order chi connectivity index (χ1) is 17.7. The number of anilines is 1. The number of ether oxygens (including phenoxy) is 4. The molecule has 2 heterocycles. The number of rotatable bonds is 12. The first-order valence-electron chi connectivity index (χ1n) is 12.1. The van der Waals surface area contributed by atoms with E-state index in [0.717, 1.165) is 34.7 Å². The number of aromatic nitrogens is 1. The Bertz CT molecular complexity index is 1090. The molecule has 2 aromatic carbocycles. The number of hydrogen-bond acceptors (Lipinski definition) is 7. The minimum absolute atomic E-state index is 0.00180. The third kappa shape index (κ3) is 6.40. The van der Waals surface area contributed by atoms with Crippen molar-refractivity contribution in [3.05, 3.63) is 84.2 Å². The molecule has 36 heavy (non-hydrogen) atoms. The van der Waals surface area contributed by atoms with Crippen LogP contribution in [0, 0.1) is 0 Å². The Labute approximate surface area is 212 Å². The Balaban J connectivity index is 1.30. The fraction of sp³-hybridized carbons (Fsp3) is 0.357. The number of nitrogens with zero attached hydrogens (tertiary/aromatic N) is 2. The van der Waals surface area contributed by atoms with Crippen molar-refractivity contribution in [2.45, 2.75) is 25.2 Å². The van der Waals surface area contributed by atoms with Crippen molar-refractivity contribution in [3.63, 3.8) is 0 Å². The molecule has 4 rings (SSSR count). The zero-order valence-electron chi connectivity index (χ0n) is 20.8. The van der Waals surface area contributed by atoms with Gasteiger partial charge in [0.05, 0.1) is 39.5 Å². The number of nitrogens with one attached hydrogen (secondary N) is 1. The predicted molar refractivity (Wildman–Crippen MR) is 137 cm³/mol. The zero-order chi connectivity index (χ0) is 25.2. The minimum Gasteiger partial charge on any atom is -0.496 e. The van der Waals surface area contributed by atoms with E-state index in [1.807, 2.05) is 65.6 Å². The molecule has 0 bridgehead atoms. The van der Waals surface area contributed by atoms with Crippen molar-refractivity contribution in [1.29, 1.82) is 0 Å². The van der Waals surface area contributed by atoms with Crippen LogP contribution in [0.1, 0.15) is 23.7 Å². The molecule has 1 aromatic heterocycles. The molecule has 1 amide bonds. The summed E-state index contributed by atoms with van der Waals surface area (Å²) in [5.74, 6) is 1.58. The van der Waals surface area contributed by atoms with E-state index in [1.165, 1.54) is 0 Å². The summed E-state index contributed by atoms with van der Waals surface area (Å²) in [6.07, 6.45) is 3.96. The van der Waals surface area contributed by atoms with Gasteiger partial charge in [-0.2, -0.15) is 0 Å². The Kier molecular flexibility index (Phi) is 9.27. The SMILES string of the molecule is COc1ccccc1COCCCOc1ccc(N2C(=O)CNCC2C(OC)c2cccnc2)cc1. The number of carbonyl (C=O) groups excluding carboxylic acids is 1. The lowest BCUT2D eigenvalue weighted by Gasteiger charge is -2.40. The maximum absolute atomic E-state index is 12.9. The number of methoxy groups -OCH3 is 2. The van der Waals surface area contributed by atoms with Crippen LogP contribution in [0.25, 0.3) is 0 Å². The van der Waals surface area contributed by atoms with Crippen LogP contribution in [-0.4, -0.2) is 57.5 Å². The van der Waals surface area contributed by atoms with E-state index in [-0.39, 0.29) is 24.6 Å². The molecule has 1 aliphatic heterocycles. The summed E-state index contributed by atoms with van der Waals surface area (Å²) in [4.78, 5) is 18.9. The van der Waals surface area contributed by atoms with Gasteiger partial charge in [0, 0.05) is 49.3 Å². The molecule has 8 nitrogen and oxygen atoms in total. The van der Waals surface area contributed by atoms with E-state index >= 15 is 0 Å². The number of para-hydroxylation sites is 1. The summed E-state index contributed by atoms with van der Waals surface area (Å²) in [5, 5.41) is 3.21. The highest BCUT2D eigenvalue weighted by Crippen LogP contribution is 2.30. The van der Waals surface area contributed by atoms with E-state index in [0.29, 0.717) is 26.4 Å². The first-order valence-corrected chi connectivity index (χ1v) is 12.1. The lowest BCUT2D eigenvalue weighted by Crippen LogP contribution is -2.57. The van der Waals surface area contributed by atoms with Gasteiger partial charge in [0.15, 0.2) is 0 Å². The Hall–Kier alpha value is -3.46. The lowest BCUT2D eigenvalue weighted by atomic mass is 9.99. The topological polar surface area (TPSA) is 82.2 Å². The van der Waals surface area contributed by atoms with Gasteiger partial charge >= 0.3 is 0 Å². The van der Waals surface area contributed by atoms with Gasteiger partial charge in [0.1, 0.15) is 17.6 Å². The molecule has 1 aliphatic rings. The van der Waals surface area contributed by atoms with Crippen LogP contribution in [0.4, 0.5) is 5.69 Å². The van der Waals surface area contributed by atoms with Crippen LogP contribution in [-0.2, 0) is 20.9 Å². The summed E-state index contributed by atoms with van der Waals surface area (Å²) in [7, 11) is 3.32. The van der Waals surface area contributed by atoms with Crippen molar-refractivity contribution in [2.75, 3.05) is 45.4 Å². The number of carbonyl (C=O) groups is 1. The summed E-state index contributed by atoms with van der Waals surface area (Å²) in [5.41, 5.74) is 2.76. The molecule has 1 fully saturated rings. The fourth-order valence-electron chi connectivity index (χ4n) is 4.38. The number of pyridine rings is 1. The molecule has 1 saturated heterocycles. The molecule has 0 radical (unpaired) electrons. The molecule has 2 atom stereocenters. The normalized spacial score (nSPS) is 16.6. The van der Waals surface area contributed by atoms with Crippen molar-refractivity contribution in [1.82, 2.24) is 10.3 Å². The van der Waals surface area contributed by atoms with Crippen molar-refractivity contribution in [2.24, 2.45) is 0 Å². The standard InChI is InChI=1S/C28H33N3O5/c1-33-26-9-4-3-7-22(26)20-35-15-6-16-36-24-12-10-23(11-13-24)31-25(18-30-19-27(31)32)28(34-2)21-8-5-14-29-17-21/h3-5,7-14,17,25,28,30H,6,15-16,18-20H2,1-2H3. The zero-order valence-corrected chi connectivity index (χ0v) is 20.8. The summed E-state index contributed by atoms with van der Waals surface area (Å²) < 4.78 is 22.8. The Morgan fingerprint density at radius 3 is 2.64 bits per heavy atom. The molecule has 1 N–H and O–H groups in total. The highest BCUT2D eigenvalue weighted by molar-refractivity contribution is 5.96. The van der Waals surface area contributed by atoms with Crippen molar-refractivity contribution in [3.8, 4) is 11.5 Å². The van der Waals surface area contributed by atoms with Gasteiger partial charge in [0.25, 0.3) is 0 Å². The number of benzene rings is 2. The number of amides is 1. The molecule has 190 valence electrons. The second kappa shape index (κ2) is 13.0. The third-order valence-corrected chi connectivity index (χ3v) is 6.11. The van der Waals surface area contributed by atoms with E-state index in [9.17, 15) is 4.79 Å². The Morgan fingerprint density at radius 1 is 1.06 bits per heavy atom. The fourth-order valence-corrected chi connectivity index (χ4v) is 4.38. The minimum atomic E-state index is -0.303. The van der Waals surface area contributed by atoms with Crippen LogP contribution < -0.4 is 19.7 Å². The summed E-state index contributed by atoms with van der Waals surface area (Å²) >= 11 is 0. The second-order valence-electron chi connectivity index (χ2n) is 8.46. The van der Waals surface area contributed by atoms with Gasteiger partial charge in [-0.1, -0.05) is 24.3 Å². The van der Waals surface area contributed by atoms with Gasteiger partial charge in [-0.15, -0.1) is 0 Å².